The molecule has 114 valence electrons. The Morgan fingerprint density at radius 3 is 2.64 bits per heavy atom. The number of nitrogens with zero attached hydrogens (tertiary/aromatic N) is 4. The van der Waals surface area contributed by atoms with Gasteiger partial charge in [-0.3, -0.25) is 9.78 Å². The molecule has 0 bridgehead atoms. The molecule has 1 N–H and O–H groups in total. The normalized spacial score (nSPS) is 14.6. The summed E-state index contributed by atoms with van der Waals surface area (Å²) >= 11 is 0. The van der Waals surface area contributed by atoms with E-state index >= 15 is 0 Å². The van der Waals surface area contributed by atoms with Gasteiger partial charge in [0.25, 0.3) is 5.91 Å². The summed E-state index contributed by atoms with van der Waals surface area (Å²) < 4.78 is 5.30. The van der Waals surface area contributed by atoms with Crippen LogP contribution in [-0.2, 0) is 11.3 Å². The number of pyridine rings is 1. The second-order valence-corrected chi connectivity index (χ2v) is 4.90. The number of rotatable bonds is 4. The van der Waals surface area contributed by atoms with Crippen molar-refractivity contribution in [1.82, 2.24) is 20.3 Å². The van der Waals surface area contributed by atoms with Gasteiger partial charge in [0.05, 0.1) is 25.6 Å². The highest BCUT2D eigenvalue weighted by molar-refractivity contribution is 5.91. The summed E-state index contributed by atoms with van der Waals surface area (Å²) in [5.74, 6) is 0.534. The number of carbonyl (C=O) groups is 1. The third-order valence-corrected chi connectivity index (χ3v) is 3.41. The minimum Gasteiger partial charge on any atom is -0.378 e. The lowest BCUT2D eigenvalue weighted by Crippen LogP contribution is -2.37. The lowest BCUT2D eigenvalue weighted by Gasteiger charge is -2.27. The Balaban J connectivity index is 1.58. The lowest BCUT2D eigenvalue weighted by molar-refractivity contribution is 0.0945. The number of morpholine rings is 1. The van der Waals surface area contributed by atoms with Crippen molar-refractivity contribution in [3.63, 3.8) is 0 Å². The van der Waals surface area contributed by atoms with E-state index in [0.29, 0.717) is 25.5 Å². The Morgan fingerprint density at radius 1 is 1.18 bits per heavy atom. The number of ether oxygens (including phenoxy) is 1. The SMILES string of the molecule is O=C(NCc1ccncc1)c1cnc(N2CCOCC2)cn1. The van der Waals surface area contributed by atoms with E-state index in [2.05, 4.69) is 25.2 Å². The lowest BCUT2D eigenvalue weighted by atomic mass is 10.2. The number of aromatic nitrogens is 3. The summed E-state index contributed by atoms with van der Waals surface area (Å²) in [6.45, 7) is 3.41. The summed E-state index contributed by atoms with van der Waals surface area (Å²) in [4.78, 5) is 26.6. The summed E-state index contributed by atoms with van der Waals surface area (Å²) in [5.41, 5.74) is 1.30. The Hall–Kier alpha value is -2.54. The maximum absolute atomic E-state index is 12.0. The van der Waals surface area contributed by atoms with E-state index in [-0.39, 0.29) is 5.91 Å². The Morgan fingerprint density at radius 2 is 1.95 bits per heavy atom. The Kier molecular flexibility index (Phi) is 4.55. The zero-order valence-electron chi connectivity index (χ0n) is 12.1. The standard InChI is InChI=1S/C15H17N5O2/c21-15(19-9-12-1-3-16-4-2-12)13-10-18-14(11-17-13)20-5-7-22-8-6-20/h1-4,10-11H,5-9H2,(H,19,21). The molecule has 0 aromatic carbocycles. The largest absolute Gasteiger partial charge is 0.378 e. The van der Waals surface area contributed by atoms with E-state index < -0.39 is 0 Å². The molecule has 3 heterocycles. The molecule has 2 aromatic heterocycles. The molecule has 7 heteroatoms. The topological polar surface area (TPSA) is 80.2 Å². The third-order valence-electron chi connectivity index (χ3n) is 3.41. The first-order valence-electron chi connectivity index (χ1n) is 7.15. The van der Waals surface area contributed by atoms with Gasteiger partial charge in [-0.2, -0.15) is 0 Å². The molecular weight excluding hydrogens is 282 g/mol. The Labute approximate surface area is 128 Å². The second kappa shape index (κ2) is 6.95. The van der Waals surface area contributed by atoms with Crippen LogP contribution in [0.25, 0.3) is 0 Å². The highest BCUT2D eigenvalue weighted by Gasteiger charge is 2.14. The van der Waals surface area contributed by atoms with Gasteiger partial charge >= 0.3 is 0 Å². The van der Waals surface area contributed by atoms with E-state index in [9.17, 15) is 4.79 Å². The minimum absolute atomic E-state index is 0.238. The van der Waals surface area contributed by atoms with Gasteiger partial charge in [-0.05, 0) is 17.7 Å². The molecule has 1 fully saturated rings. The summed E-state index contributed by atoms with van der Waals surface area (Å²) in [5, 5.41) is 2.81. The number of anilines is 1. The van der Waals surface area contributed by atoms with Crippen LogP contribution in [0.15, 0.2) is 36.9 Å². The highest BCUT2D eigenvalue weighted by atomic mass is 16.5. The molecule has 0 aliphatic carbocycles. The second-order valence-electron chi connectivity index (χ2n) is 4.90. The van der Waals surface area contributed by atoms with E-state index in [0.717, 1.165) is 24.5 Å². The molecule has 1 amide bonds. The van der Waals surface area contributed by atoms with Crippen molar-refractivity contribution in [1.29, 1.82) is 0 Å². The molecule has 1 aliphatic rings. The van der Waals surface area contributed by atoms with Crippen LogP contribution in [-0.4, -0.2) is 47.2 Å². The molecule has 0 atom stereocenters. The van der Waals surface area contributed by atoms with Crippen molar-refractivity contribution in [3.8, 4) is 0 Å². The average molecular weight is 299 g/mol. The predicted molar refractivity (Wildman–Crippen MR) is 80.5 cm³/mol. The third kappa shape index (κ3) is 3.56. The van der Waals surface area contributed by atoms with Gasteiger partial charge in [0.15, 0.2) is 0 Å². The number of hydrogen-bond acceptors (Lipinski definition) is 6. The molecule has 1 aliphatic heterocycles. The molecular formula is C15H17N5O2. The molecule has 0 saturated carbocycles. The highest BCUT2D eigenvalue weighted by Crippen LogP contribution is 2.11. The zero-order chi connectivity index (χ0) is 15.2. The van der Waals surface area contributed by atoms with E-state index in [4.69, 9.17) is 4.74 Å². The van der Waals surface area contributed by atoms with Gasteiger partial charge in [0, 0.05) is 32.0 Å². The number of hydrogen-bond donors (Lipinski definition) is 1. The molecule has 7 nitrogen and oxygen atoms in total. The van der Waals surface area contributed by atoms with Crippen molar-refractivity contribution in [2.75, 3.05) is 31.2 Å². The van der Waals surface area contributed by atoms with Gasteiger partial charge in [0.2, 0.25) is 0 Å². The Bertz CT molecular complexity index is 612. The fraction of sp³-hybridized carbons (Fsp3) is 0.333. The van der Waals surface area contributed by atoms with Crippen molar-refractivity contribution in [2.45, 2.75) is 6.54 Å². The average Bonchev–Trinajstić information content (AvgIpc) is 2.61. The predicted octanol–water partition coefficient (Wildman–Crippen LogP) is 0.638. The molecule has 0 radical (unpaired) electrons. The maximum atomic E-state index is 12.0. The fourth-order valence-electron chi connectivity index (χ4n) is 2.17. The molecule has 2 aromatic rings. The van der Waals surface area contributed by atoms with E-state index in [1.54, 1.807) is 18.6 Å². The molecule has 3 rings (SSSR count). The van der Waals surface area contributed by atoms with Crippen LogP contribution in [0.2, 0.25) is 0 Å². The monoisotopic (exact) mass is 299 g/mol. The van der Waals surface area contributed by atoms with Crippen LogP contribution >= 0.6 is 0 Å². The van der Waals surface area contributed by atoms with Crippen LogP contribution < -0.4 is 10.2 Å². The molecule has 0 unspecified atom stereocenters. The molecule has 22 heavy (non-hydrogen) atoms. The van der Waals surface area contributed by atoms with Crippen molar-refractivity contribution >= 4 is 11.7 Å². The van der Waals surface area contributed by atoms with Crippen LogP contribution in [0.5, 0.6) is 0 Å². The summed E-state index contributed by atoms with van der Waals surface area (Å²) in [6, 6.07) is 3.71. The first kappa shape index (κ1) is 14.4. The summed E-state index contributed by atoms with van der Waals surface area (Å²) in [6.07, 6.45) is 6.52. The number of amides is 1. The fourth-order valence-corrected chi connectivity index (χ4v) is 2.17. The first-order valence-corrected chi connectivity index (χ1v) is 7.15. The van der Waals surface area contributed by atoms with Crippen LogP contribution in [0.4, 0.5) is 5.82 Å². The van der Waals surface area contributed by atoms with Crippen LogP contribution in [0, 0.1) is 0 Å². The van der Waals surface area contributed by atoms with Gasteiger partial charge in [-0.25, -0.2) is 9.97 Å². The van der Waals surface area contributed by atoms with E-state index in [1.807, 2.05) is 12.1 Å². The minimum atomic E-state index is -0.238. The van der Waals surface area contributed by atoms with Gasteiger partial charge in [-0.15, -0.1) is 0 Å². The van der Waals surface area contributed by atoms with Gasteiger partial charge < -0.3 is 15.0 Å². The first-order chi connectivity index (χ1) is 10.8. The van der Waals surface area contributed by atoms with Gasteiger partial charge in [0.1, 0.15) is 11.5 Å². The smallest absolute Gasteiger partial charge is 0.271 e. The van der Waals surface area contributed by atoms with Crippen molar-refractivity contribution < 1.29 is 9.53 Å². The molecule has 1 saturated heterocycles. The quantitative estimate of drug-likeness (QED) is 0.892. The van der Waals surface area contributed by atoms with Crippen LogP contribution in [0.3, 0.4) is 0 Å². The van der Waals surface area contributed by atoms with Crippen LogP contribution in [0.1, 0.15) is 16.1 Å². The molecule has 0 spiro atoms. The van der Waals surface area contributed by atoms with Gasteiger partial charge in [-0.1, -0.05) is 0 Å². The number of carbonyl (C=O) groups excluding carboxylic acids is 1. The number of nitrogens with one attached hydrogen (secondary N) is 1. The summed E-state index contributed by atoms with van der Waals surface area (Å²) in [7, 11) is 0. The van der Waals surface area contributed by atoms with Crippen molar-refractivity contribution in [3.05, 3.63) is 48.2 Å². The van der Waals surface area contributed by atoms with E-state index in [1.165, 1.54) is 6.20 Å². The zero-order valence-corrected chi connectivity index (χ0v) is 12.1. The maximum Gasteiger partial charge on any atom is 0.271 e. The van der Waals surface area contributed by atoms with Crippen molar-refractivity contribution in [2.24, 2.45) is 0 Å².